The Bertz CT molecular complexity index is 706. The molecular formula is C26H44FNO3. The number of halogens is 1. The second-order valence-electron chi connectivity index (χ2n) is 9.09. The van der Waals surface area contributed by atoms with Crippen molar-refractivity contribution in [3.63, 3.8) is 0 Å². The maximum Gasteiger partial charge on any atom is 0.225 e. The van der Waals surface area contributed by atoms with Crippen LogP contribution in [0.15, 0.2) is 27.4 Å². The van der Waals surface area contributed by atoms with E-state index in [4.69, 9.17) is 9.15 Å². The van der Waals surface area contributed by atoms with Crippen LogP contribution in [0.25, 0.3) is 11.2 Å². The van der Waals surface area contributed by atoms with Gasteiger partial charge in [0, 0.05) is 25.6 Å². The van der Waals surface area contributed by atoms with E-state index < -0.39 is 6.17 Å². The first-order valence-corrected chi connectivity index (χ1v) is 12.6. The van der Waals surface area contributed by atoms with E-state index >= 15 is 0 Å². The quantitative estimate of drug-likeness (QED) is 0.279. The number of nitrogens with zero attached hydrogens (tertiary/aromatic N) is 1. The minimum atomic E-state index is -0.725. The molecule has 0 bridgehead atoms. The molecule has 5 heteroatoms. The van der Waals surface area contributed by atoms with Gasteiger partial charge in [-0.15, -0.1) is 0 Å². The second kappa shape index (κ2) is 13.9. The highest BCUT2D eigenvalue weighted by atomic mass is 19.1. The van der Waals surface area contributed by atoms with Crippen molar-refractivity contribution in [1.82, 2.24) is 4.90 Å². The van der Waals surface area contributed by atoms with E-state index in [-0.39, 0.29) is 17.9 Å². The Hall–Kier alpha value is -1.33. The van der Waals surface area contributed by atoms with E-state index in [1.165, 1.54) is 38.5 Å². The average Bonchev–Trinajstić information content (AvgIpc) is 3.17. The van der Waals surface area contributed by atoms with Gasteiger partial charge in [0.1, 0.15) is 6.17 Å². The molecule has 0 radical (unpaired) electrons. The van der Waals surface area contributed by atoms with Crippen molar-refractivity contribution in [1.29, 1.82) is 0 Å². The summed E-state index contributed by atoms with van der Waals surface area (Å²) in [6.07, 6.45) is 9.61. The van der Waals surface area contributed by atoms with Gasteiger partial charge < -0.3 is 5.11 Å². The fraction of sp³-hybridized carbons (Fsp3) is 0.769. The summed E-state index contributed by atoms with van der Waals surface area (Å²) < 4.78 is 23.4. The zero-order valence-corrected chi connectivity index (χ0v) is 20.1. The van der Waals surface area contributed by atoms with Crippen molar-refractivity contribution in [2.24, 2.45) is 5.92 Å². The van der Waals surface area contributed by atoms with Gasteiger partial charge in [-0.05, 0) is 42.9 Å². The summed E-state index contributed by atoms with van der Waals surface area (Å²) in [5.74, 6) is 0.312. The minimum Gasteiger partial charge on any atom is -0.393 e. The van der Waals surface area contributed by atoms with Crippen LogP contribution in [0.5, 0.6) is 0 Å². The number of fused-ring (bicyclic) bond motifs is 1. The lowest BCUT2D eigenvalue weighted by Gasteiger charge is -2.33. The Morgan fingerprint density at radius 3 is 2.13 bits per heavy atom. The number of aliphatic hydroxyl groups is 1. The monoisotopic (exact) mass is 437 g/mol. The predicted octanol–water partition coefficient (Wildman–Crippen LogP) is 7.32. The van der Waals surface area contributed by atoms with Gasteiger partial charge in [0.2, 0.25) is 11.2 Å². The van der Waals surface area contributed by atoms with Gasteiger partial charge in [0.25, 0.3) is 0 Å². The number of unbranched alkanes of at least 4 members (excludes halogenated alkanes) is 5. The van der Waals surface area contributed by atoms with E-state index in [2.05, 4.69) is 25.7 Å². The zero-order chi connectivity index (χ0) is 22.6. The third-order valence-electron chi connectivity index (χ3n) is 6.63. The van der Waals surface area contributed by atoms with Crippen LogP contribution >= 0.6 is 0 Å². The lowest BCUT2D eigenvalue weighted by atomic mass is 9.79. The highest BCUT2D eigenvalue weighted by Gasteiger charge is 2.32. The molecular weight excluding hydrogens is 393 g/mol. The molecule has 4 atom stereocenters. The van der Waals surface area contributed by atoms with E-state index in [1.807, 2.05) is 25.1 Å². The molecule has 0 aliphatic carbocycles. The predicted molar refractivity (Wildman–Crippen MR) is 126 cm³/mol. The van der Waals surface area contributed by atoms with Gasteiger partial charge >= 0.3 is 0 Å². The number of alkyl halides is 1. The topological polar surface area (TPSA) is 49.8 Å². The number of hydrogen-bond acceptors (Lipinski definition) is 4. The van der Waals surface area contributed by atoms with Crippen molar-refractivity contribution < 1.29 is 18.6 Å². The molecule has 3 rings (SSSR count). The van der Waals surface area contributed by atoms with Crippen molar-refractivity contribution >= 4 is 11.2 Å². The molecule has 1 fully saturated rings. The number of hydrogen-bond donors (Lipinski definition) is 1. The summed E-state index contributed by atoms with van der Waals surface area (Å²) in [6.45, 7) is 10.7. The minimum absolute atomic E-state index is 0.0920. The molecule has 1 aromatic carbocycles. The van der Waals surface area contributed by atoms with Gasteiger partial charge in [-0.25, -0.2) is 4.39 Å². The van der Waals surface area contributed by atoms with Crippen LogP contribution in [0.2, 0.25) is 0 Å². The number of benzene rings is 1. The Balaban J connectivity index is 0.000000366. The highest BCUT2D eigenvalue weighted by Crippen LogP contribution is 2.35. The fourth-order valence-electron chi connectivity index (χ4n) is 4.65. The third kappa shape index (κ3) is 7.94. The molecule has 0 amide bonds. The molecule has 2 heterocycles. The van der Waals surface area contributed by atoms with E-state index in [1.54, 1.807) is 0 Å². The first kappa shape index (κ1) is 25.9. The summed E-state index contributed by atoms with van der Waals surface area (Å²) >= 11 is 0. The first-order valence-electron chi connectivity index (χ1n) is 12.6. The third-order valence-corrected chi connectivity index (χ3v) is 6.63. The van der Waals surface area contributed by atoms with Crippen LogP contribution < -0.4 is 0 Å². The van der Waals surface area contributed by atoms with E-state index in [9.17, 15) is 9.50 Å². The van der Waals surface area contributed by atoms with Crippen LogP contribution in [0, 0.1) is 5.92 Å². The highest BCUT2D eigenvalue weighted by molar-refractivity contribution is 5.71. The van der Waals surface area contributed by atoms with Crippen LogP contribution in [0.4, 0.5) is 4.39 Å². The van der Waals surface area contributed by atoms with Crippen LogP contribution in [-0.2, 0) is 0 Å². The van der Waals surface area contributed by atoms with Gasteiger partial charge in [-0.1, -0.05) is 72.3 Å². The van der Waals surface area contributed by atoms with Crippen molar-refractivity contribution in [2.75, 3.05) is 19.6 Å². The van der Waals surface area contributed by atoms with Crippen LogP contribution in [-0.4, -0.2) is 41.9 Å². The molecule has 0 spiro atoms. The molecule has 1 aliphatic heterocycles. The largest absolute Gasteiger partial charge is 0.393 e. The van der Waals surface area contributed by atoms with Crippen molar-refractivity contribution in [2.45, 2.75) is 104 Å². The van der Waals surface area contributed by atoms with Crippen molar-refractivity contribution in [3.05, 3.63) is 23.8 Å². The lowest BCUT2D eigenvalue weighted by Crippen LogP contribution is -2.37. The maximum atomic E-state index is 13.5. The first-order chi connectivity index (χ1) is 15.0. The molecule has 1 aliphatic rings. The molecule has 1 N–H and O–H groups in total. The summed E-state index contributed by atoms with van der Waals surface area (Å²) in [6, 6.07) is 5.97. The summed E-state index contributed by atoms with van der Waals surface area (Å²) in [4.78, 5) is 2.15. The van der Waals surface area contributed by atoms with Gasteiger partial charge in [0.15, 0.2) is 0 Å². The summed E-state index contributed by atoms with van der Waals surface area (Å²) in [7, 11) is 0. The molecule has 1 aromatic heterocycles. The molecule has 31 heavy (non-hydrogen) atoms. The molecule has 0 saturated carbocycles. The summed E-state index contributed by atoms with van der Waals surface area (Å²) in [5, 5.41) is 10.6. The smallest absolute Gasteiger partial charge is 0.225 e. The molecule has 178 valence electrons. The Morgan fingerprint density at radius 2 is 1.68 bits per heavy atom. The molecule has 2 unspecified atom stereocenters. The van der Waals surface area contributed by atoms with Gasteiger partial charge in [-0.3, -0.25) is 14.1 Å². The lowest BCUT2D eigenvalue weighted by molar-refractivity contribution is 0.0571. The van der Waals surface area contributed by atoms with E-state index in [0.29, 0.717) is 19.4 Å². The number of likely N-dealkylation sites (tertiary alicyclic amines) is 1. The Labute approximate surface area is 188 Å². The standard InChI is InChI=1S/C18H26FNO3.C8H18/c1-3-14(12-5-6-17-18(9-12)23-22-17)15(16(21)4-2)11-20-8-7-13(19)10-20;1-3-5-7-8-6-4-2/h5-6,9,13-16,21H,3-4,7-8,10-11H2,1-2H3;3-8H2,1-2H3/t13?,14-,15-,16?;/m1./s1. The maximum absolute atomic E-state index is 13.5. The summed E-state index contributed by atoms with van der Waals surface area (Å²) in [5.41, 5.74) is 2.68. The fourth-order valence-corrected chi connectivity index (χ4v) is 4.65. The Kier molecular flexibility index (Phi) is 11.7. The average molecular weight is 438 g/mol. The van der Waals surface area contributed by atoms with Crippen LogP contribution in [0.3, 0.4) is 0 Å². The normalized spacial score (nSPS) is 19.9. The molecule has 1 saturated heterocycles. The van der Waals surface area contributed by atoms with Gasteiger partial charge in [0.05, 0.1) is 6.10 Å². The Morgan fingerprint density at radius 1 is 1.00 bits per heavy atom. The van der Waals surface area contributed by atoms with Crippen molar-refractivity contribution in [3.8, 4) is 0 Å². The molecule has 4 nitrogen and oxygen atoms in total. The van der Waals surface area contributed by atoms with Crippen LogP contribution in [0.1, 0.15) is 97.0 Å². The van der Waals surface area contributed by atoms with E-state index in [0.717, 1.165) is 36.2 Å². The molecule has 2 aromatic rings. The number of rotatable bonds is 12. The zero-order valence-electron chi connectivity index (χ0n) is 20.1. The van der Waals surface area contributed by atoms with Gasteiger partial charge in [-0.2, -0.15) is 0 Å². The SMILES string of the molecule is CCC(O)[C@H](CN1CCC(F)C1)[C@H](CC)c1ccc2ooc2c1.CCCCCCCC. The number of aliphatic hydroxyl groups excluding tert-OH is 1. The second-order valence-corrected chi connectivity index (χ2v) is 9.09.